The van der Waals surface area contributed by atoms with E-state index in [1.54, 1.807) is 19.4 Å². The SMILES string of the molecule is COc1cc2c(Nc3ncc(CC(=O)Nc4cccc(F)c4)s3)ncnc2cc1OCCCN1CCC(CC(OP(=O)(O)O)(C(C)(C)C)C(C)(C)C)CC1. The van der Waals surface area contributed by atoms with Gasteiger partial charge in [-0.15, -0.1) is 11.3 Å². The zero-order chi connectivity index (χ0) is 39.3. The molecule has 13 nitrogen and oxygen atoms in total. The minimum atomic E-state index is -4.72. The molecule has 0 atom stereocenters. The van der Waals surface area contributed by atoms with E-state index in [9.17, 15) is 23.5 Å². The number of carbonyl (C=O) groups is 1. The molecule has 0 unspecified atom stereocenters. The molecule has 0 bridgehead atoms. The standard InChI is InChI=1S/C38H52FN6O7PS/c1-36(2,3)38(37(4,5)6,52-53(47,48)49)22-25-12-15-45(16-13-25)14-9-17-51-32-21-30-29(20-31(32)50-7)34(42-24-41-30)44-35-40-23-28(54-35)19-33(46)43-27-11-8-10-26(39)18-27/h8,10-11,18,20-21,23-25H,9,12-17,19,22H2,1-7H3,(H,43,46)(H2,47,48,49)(H,40,41,42,44). The Bertz CT molecular complexity index is 1940. The second-order valence-corrected chi connectivity index (χ2v) is 18.1. The van der Waals surface area contributed by atoms with Gasteiger partial charge in [0, 0.05) is 34.8 Å². The molecular formula is C38H52FN6O7PS. The van der Waals surface area contributed by atoms with Crippen LogP contribution in [0.25, 0.3) is 10.9 Å². The number of hydrogen-bond acceptors (Lipinski definition) is 11. The van der Waals surface area contributed by atoms with Crippen molar-refractivity contribution in [2.75, 3.05) is 44.0 Å². The van der Waals surface area contributed by atoms with Crippen molar-refractivity contribution in [1.82, 2.24) is 19.9 Å². The van der Waals surface area contributed by atoms with Gasteiger partial charge in [0.05, 0.1) is 31.3 Å². The highest BCUT2D eigenvalue weighted by Gasteiger charge is 2.56. The minimum absolute atomic E-state index is 0.0833. The fraction of sp³-hybridized carbons (Fsp3) is 0.526. The van der Waals surface area contributed by atoms with Crippen LogP contribution in [0.2, 0.25) is 0 Å². The lowest BCUT2D eigenvalue weighted by Gasteiger charge is -2.54. The van der Waals surface area contributed by atoms with E-state index in [1.165, 1.54) is 35.9 Å². The number of benzene rings is 2. The molecule has 54 heavy (non-hydrogen) atoms. The number of anilines is 3. The molecular weight excluding hydrogens is 734 g/mol. The monoisotopic (exact) mass is 786 g/mol. The van der Waals surface area contributed by atoms with Crippen LogP contribution in [0.3, 0.4) is 0 Å². The maximum atomic E-state index is 13.5. The summed E-state index contributed by atoms with van der Waals surface area (Å²) in [6.07, 6.45) is 6.37. The van der Waals surface area contributed by atoms with Gasteiger partial charge in [-0.05, 0) is 79.8 Å². The number of carbonyl (C=O) groups excluding carboxylic acids is 1. The lowest BCUT2D eigenvalue weighted by molar-refractivity contribution is -0.144. The summed E-state index contributed by atoms with van der Waals surface area (Å²) in [4.78, 5) is 48.7. The number of amides is 1. The highest BCUT2D eigenvalue weighted by Crippen LogP contribution is 2.58. The number of fused-ring (bicyclic) bond motifs is 1. The zero-order valence-corrected chi connectivity index (χ0v) is 33.7. The number of thiazole rings is 1. The Kier molecular flexibility index (Phi) is 13.0. The first-order valence-corrected chi connectivity index (χ1v) is 20.4. The Morgan fingerprint density at radius 3 is 2.41 bits per heavy atom. The van der Waals surface area contributed by atoms with Crippen molar-refractivity contribution in [1.29, 1.82) is 0 Å². The number of methoxy groups -OCH3 is 1. The average Bonchev–Trinajstić information content (AvgIpc) is 3.51. The third-order valence-electron chi connectivity index (χ3n) is 10.0. The predicted molar refractivity (Wildman–Crippen MR) is 209 cm³/mol. The van der Waals surface area contributed by atoms with Crippen LogP contribution >= 0.6 is 19.2 Å². The fourth-order valence-electron chi connectivity index (χ4n) is 7.46. The van der Waals surface area contributed by atoms with Gasteiger partial charge in [0.25, 0.3) is 0 Å². The lowest BCUT2D eigenvalue weighted by atomic mass is 9.59. The number of halogens is 1. The van der Waals surface area contributed by atoms with Crippen molar-refractivity contribution in [2.45, 2.75) is 79.2 Å². The number of piperidine rings is 1. The summed E-state index contributed by atoms with van der Waals surface area (Å²) >= 11 is 1.31. The molecule has 1 aliphatic heterocycles. The van der Waals surface area contributed by atoms with E-state index in [-0.39, 0.29) is 18.2 Å². The molecule has 2 aromatic carbocycles. The maximum absolute atomic E-state index is 13.5. The fourth-order valence-corrected chi connectivity index (χ4v) is 9.29. The third-order valence-corrected chi connectivity index (χ3v) is 11.5. The Morgan fingerprint density at radius 1 is 1.04 bits per heavy atom. The average molecular weight is 787 g/mol. The molecule has 0 radical (unpaired) electrons. The van der Waals surface area contributed by atoms with Gasteiger partial charge < -0.3 is 34.8 Å². The van der Waals surface area contributed by atoms with E-state index >= 15 is 0 Å². The summed E-state index contributed by atoms with van der Waals surface area (Å²) in [5.41, 5.74) is -0.942. The smallest absolute Gasteiger partial charge is 0.470 e. The van der Waals surface area contributed by atoms with Crippen LogP contribution in [-0.4, -0.2) is 74.5 Å². The van der Waals surface area contributed by atoms with Crippen LogP contribution < -0.4 is 20.1 Å². The number of ether oxygens (including phenoxy) is 2. The number of aromatic nitrogens is 3. The molecule has 1 aliphatic rings. The highest BCUT2D eigenvalue weighted by molar-refractivity contribution is 7.46. The lowest BCUT2D eigenvalue weighted by Crippen LogP contribution is -2.56. The summed E-state index contributed by atoms with van der Waals surface area (Å²) in [7, 11) is -3.14. The highest BCUT2D eigenvalue weighted by atomic mass is 32.1. The van der Waals surface area contributed by atoms with Gasteiger partial charge >= 0.3 is 7.82 Å². The Balaban J connectivity index is 1.14. The first kappa shape index (κ1) is 41.4. The predicted octanol–water partition coefficient (Wildman–Crippen LogP) is 7.97. The summed E-state index contributed by atoms with van der Waals surface area (Å²) in [6, 6.07) is 9.39. The number of nitrogens with zero attached hydrogens (tertiary/aromatic N) is 4. The number of likely N-dealkylation sites (tertiary alicyclic amines) is 1. The van der Waals surface area contributed by atoms with E-state index < -0.39 is 30.1 Å². The molecule has 0 spiro atoms. The molecule has 4 aromatic rings. The Hall–Kier alpha value is -3.72. The molecule has 0 saturated carbocycles. The molecule has 0 aliphatic carbocycles. The zero-order valence-electron chi connectivity index (χ0n) is 32.0. The summed E-state index contributed by atoms with van der Waals surface area (Å²) in [5, 5.41) is 7.18. The van der Waals surface area contributed by atoms with Crippen molar-refractivity contribution in [3.05, 3.63) is 59.6 Å². The van der Waals surface area contributed by atoms with Crippen LogP contribution in [-0.2, 0) is 20.3 Å². The van der Waals surface area contributed by atoms with Gasteiger partial charge in [0.2, 0.25) is 5.91 Å². The van der Waals surface area contributed by atoms with Gasteiger partial charge in [-0.25, -0.2) is 23.9 Å². The van der Waals surface area contributed by atoms with Gasteiger partial charge in [0.1, 0.15) is 18.0 Å². The van der Waals surface area contributed by atoms with Crippen LogP contribution in [0.15, 0.2) is 48.9 Å². The second kappa shape index (κ2) is 17.0. The first-order chi connectivity index (χ1) is 25.4. The topological polar surface area (TPSA) is 168 Å². The van der Waals surface area contributed by atoms with Crippen molar-refractivity contribution >= 4 is 52.6 Å². The Morgan fingerprint density at radius 2 is 1.76 bits per heavy atom. The minimum Gasteiger partial charge on any atom is -0.493 e. The van der Waals surface area contributed by atoms with E-state index in [0.29, 0.717) is 52.1 Å². The van der Waals surface area contributed by atoms with Crippen molar-refractivity contribution in [3.8, 4) is 11.5 Å². The molecule has 294 valence electrons. The van der Waals surface area contributed by atoms with Gasteiger partial charge in [0.15, 0.2) is 16.6 Å². The first-order valence-electron chi connectivity index (χ1n) is 18.1. The van der Waals surface area contributed by atoms with Gasteiger partial charge in [-0.1, -0.05) is 47.6 Å². The van der Waals surface area contributed by atoms with Crippen molar-refractivity contribution in [2.24, 2.45) is 16.7 Å². The molecule has 1 amide bonds. The Labute approximate surface area is 320 Å². The molecule has 5 rings (SSSR count). The van der Waals surface area contributed by atoms with E-state index in [4.69, 9.17) is 14.0 Å². The van der Waals surface area contributed by atoms with E-state index in [0.717, 1.165) is 43.8 Å². The summed E-state index contributed by atoms with van der Waals surface area (Å²) in [5.74, 6) is 1.20. The van der Waals surface area contributed by atoms with E-state index in [2.05, 4.69) is 30.5 Å². The number of phosphoric ester groups is 1. The van der Waals surface area contributed by atoms with Crippen molar-refractivity contribution in [3.63, 3.8) is 0 Å². The molecule has 16 heteroatoms. The van der Waals surface area contributed by atoms with Crippen LogP contribution in [0.4, 0.5) is 21.0 Å². The quantitative estimate of drug-likeness (QED) is 0.0679. The number of rotatable bonds is 15. The van der Waals surface area contributed by atoms with Crippen LogP contribution in [0.1, 0.15) is 72.1 Å². The number of phosphoric acid groups is 1. The number of hydrogen-bond donors (Lipinski definition) is 4. The molecule has 3 heterocycles. The second-order valence-electron chi connectivity index (χ2n) is 15.8. The molecule has 4 N–H and O–H groups in total. The molecule has 1 fully saturated rings. The molecule has 1 saturated heterocycles. The number of nitrogens with one attached hydrogen (secondary N) is 2. The van der Waals surface area contributed by atoms with Crippen molar-refractivity contribution < 1.29 is 37.5 Å². The van der Waals surface area contributed by atoms with Gasteiger partial charge in [-0.2, -0.15) is 0 Å². The van der Waals surface area contributed by atoms with E-state index in [1.807, 2.05) is 53.7 Å². The molecule has 2 aromatic heterocycles. The normalized spacial score (nSPS) is 15.0. The summed E-state index contributed by atoms with van der Waals surface area (Å²) in [6.45, 7) is 15.1. The van der Waals surface area contributed by atoms with Gasteiger partial charge in [-0.3, -0.25) is 9.32 Å². The van der Waals surface area contributed by atoms with Crippen LogP contribution in [0.5, 0.6) is 11.5 Å². The maximum Gasteiger partial charge on any atom is 0.470 e. The summed E-state index contributed by atoms with van der Waals surface area (Å²) < 4.78 is 43.2. The van der Waals surface area contributed by atoms with Crippen LogP contribution in [0, 0.1) is 22.6 Å². The largest absolute Gasteiger partial charge is 0.493 e. The third kappa shape index (κ3) is 10.5.